The van der Waals surface area contributed by atoms with Crippen molar-refractivity contribution in [3.63, 3.8) is 0 Å². The lowest BCUT2D eigenvalue weighted by molar-refractivity contribution is 0.0803. The highest BCUT2D eigenvalue weighted by atomic mass is 19.3. The molecule has 1 nitrogen and oxygen atoms in total. The van der Waals surface area contributed by atoms with Crippen molar-refractivity contribution in [2.75, 3.05) is 26.3 Å². The maximum absolute atomic E-state index is 12.0. The molecule has 0 bridgehead atoms. The predicted octanol–water partition coefficient (Wildman–Crippen LogP) is 1.54. The predicted molar refractivity (Wildman–Crippen MR) is 36.5 cm³/mol. The normalized spacial score (nSPS) is 26.7. The van der Waals surface area contributed by atoms with Crippen molar-refractivity contribution >= 4 is 0 Å². The first-order valence-corrected chi connectivity index (χ1v) is 3.80. The van der Waals surface area contributed by atoms with Gasteiger partial charge in [0.05, 0.1) is 0 Å². The molecule has 0 spiro atoms. The number of hydrogen-bond donors (Lipinski definition) is 0. The lowest BCUT2D eigenvalue weighted by Gasteiger charge is -2.12. The van der Waals surface area contributed by atoms with Crippen LogP contribution in [0.4, 0.5) is 13.2 Å². The standard InChI is InChI=1S/C7H12F3N/c8-2-4-11-3-1-6(5-11)7(9)10/h6-7H,1-5H2. The van der Waals surface area contributed by atoms with E-state index >= 15 is 0 Å². The SMILES string of the molecule is FCCN1CCC(C(F)F)C1. The van der Waals surface area contributed by atoms with Crippen molar-refractivity contribution in [2.45, 2.75) is 12.8 Å². The second-order valence-corrected chi connectivity index (χ2v) is 2.87. The van der Waals surface area contributed by atoms with Gasteiger partial charge in [0, 0.05) is 19.0 Å². The molecule has 66 valence electrons. The van der Waals surface area contributed by atoms with E-state index in [0.29, 0.717) is 26.1 Å². The first kappa shape index (κ1) is 8.84. The molecule has 1 heterocycles. The summed E-state index contributed by atoms with van der Waals surface area (Å²) in [5.74, 6) is -0.526. The Bertz CT molecular complexity index is 118. The van der Waals surface area contributed by atoms with Crippen LogP contribution >= 0.6 is 0 Å². The number of alkyl halides is 3. The Hall–Kier alpha value is -0.250. The lowest BCUT2D eigenvalue weighted by Crippen LogP contribution is -2.24. The van der Waals surface area contributed by atoms with E-state index in [2.05, 4.69) is 0 Å². The quantitative estimate of drug-likeness (QED) is 0.616. The van der Waals surface area contributed by atoms with Gasteiger partial charge in [-0.05, 0) is 13.0 Å². The van der Waals surface area contributed by atoms with Gasteiger partial charge in [0.2, 0.25) is 6.43 Å². The zero-order valence-electron chi connectivity index (χ0n) is 6.27. The molecule has 0 aromatic carbocycles. The lowest BCUT2D eigenvalue weighted by atomic mass is 10.1. The highest BCUT2D eigenvalue weighted by molar-refractivity contribution is 4.76. The van der Waals surface area contributed by atoms with E-state index < -0.39 is 19.0 Å². The van der Waals surface area contributed by atoms with Gasteiger partial charge in [-0.15, -0.1) is 0 Å². The minimum atomic E-state index is -2.24. The van der Waals surface area contributed by atoms with Crippen LogP contribution in [0, 0.1) is 5.92 Å². The molecular formula is C7H12F3N. The van der Waals surface area contributed by atoms with Gasteiger partial charge in [-0.1, -0.05) is 0 Å². The number of likely N-dealkylation sites (tertiary alicyclic amines) is 1. The van der Waals surface area contributed by atoms with Gasteiger partial charge in [0.1, 0.15) is 6.67 Å². The Morgan fingerprint density at radius 2 is 2.18 bits per heavy atom. The van der Waals surface area contributed by atoms with Crippen molar-refractivity contribution in [1.29, 1.82) is 0 Å². The van der Waals surface area contributed by atoms with Crippen molar-refractivity contribution < 1.29 is 13.2 Å². The van der Waals surface area contributed by atoms with Crippen LogP contribution in [0.2, 0.25) is 0 Å². The fraction of sp³-hybridized carbons (Fsp3) is 1.00. The van der Waals surface area contributed by atoms with E-state index in [9.17, 15) is 13.2 Å². The monoisotopic (exact) mass is 167 g/mol. The highest BCUT2D eigenvalue weighted by Crippen LogP contribution is 2.21. The molecule has 1 saturated heterocycles. The highest BCUT2D eigenvalue weighted by Gasteiger charge is 2.28. The van der Waals surface area contributed by atoms with E-state index in [1.54, 1.807) is 4.90 Å². The Labute approximate surface area is 64.2 Å². The summed E-state index contributed by atoms with van der Waals surface area (Å²) >= 11 is 0. The van der Waals surface area contributed by atoms with E-state index in [1.807, 2.05) is 0 Å². The summed E-state index contributed by atoms with van der Waals surface area (Å²) in [5.41, 5.74) is 0. The molecule has 1 fully saturated rings. The molecule has 4 heteroatoms. The van der Waals surface area contributed by atoms with Crippen LogP contribution < -0.4 is 0 Å². The molecule has 0 aromatic heterocycles. The molecule has 0 aliphatic carbocycles. The summed E-state index contributed by atoms with van der Waals surface area (Å²) in [6.45, 7) is 0.861. The summed E-state index contributed by atoms with van der Waals surface area (Å²) < 4.78 is 35.8. The molecular weight excluding hydrogens is 155 g/mol. The number of hydrogen-bond acceptors (Lipinski definition) is 1. The zero-order valence-corrected chi connectivity index (χ0v) is 6.27. The van der Waals surface area contributed by atoms with Gasteiger partial charge < -0.3 is 4.90 Å². The van der Waals surface area contributed by atoms with Gasteiger partial charge in [0.25, 0.3) is 0 Å². The van der Waals surface area contributed by atoms with Crippen LogP contribution in [-0.4, -0.2) is 37.6 Å². The first-order chi connectivity index (χ1) is 5.24. The zero-order chi connectivity index (χ0) is 8.27. The van der Waals surface area contributed by atoms with Crippen LogP contribution in [0.5, 0.6) is 0 Å². The summed E-state index contributed by atoms with van der Waals surface area (Å²) in [5, 5.41) is 0. The van der Waals surface area contributed by atoms with E-state index in [1.165, 1.54) is 0 Å². The van der Waals surface area contributed by atoms with E-state index in [-0.39, 0.29) is 0 Å². The molecule has 0 aromatic rings. The van der Waals surface area contributed by atoms with Crippen molar-refractivity contribution in [1.82, 2.24) is 4.90 Å². The average molecular weight is 167 g/mol. The molecule has 1 atom stereocenters. The molecule has 0 radical (unpaired) electrons. The summed E-state index contributed by atoms with van der Waals surface area (Å²) in [6.07, 6.45) is -1.72. The summed E-state index contributed by atoms with van der Waals surface area (Å²) in [7, 11) is 0. The maximum atomic E-state index is 12.0. The molecule has 1 aliphatic rings. The van der Waals surface area contributed by atoms with Gasteiger partial charge >= 0.3 is 0 Å². The number of halogens is 3. The molecule has 0 amide bonds. The molecule has 11 heavy (non-hydrogen) atoms. The van der Waals surface area contributed by atoms with E-state index in [0.717, 1.165) is 0 Å². The number of nitrogens with zero attached hydrogens (tertiary/aromatic N) is 1. The molecule has 1 rings (SSSR count). The van der Waals surface area contributed by atoms with Crippen LogP contribution in [0.15, 0.2) is 0 Å². The smallest absolute Gasteiger partial charge is 0.242 e. The molecule has 1 aliphatic heterocycles. The van der Waals surface area contributed by atoms with Crippen molar-refractivity contribution in [3.05, 3.63) is 0 Å². The van der Waals surface area contributed by atoms with Gasteiger partial charge in [-0.25, -0.2) is 13.2 Å². The topological polar surface area (TPSA) is 3.24 Å². The third-order valence-electron chi connectivity index (χ3n) is 2.07. The second kappa shape index (κ2) is 3.95. The number of rotatable bonds is 3. The molecule has 0 N–H and O–H groups in total. The second-order valence-electron chi connectivity index (χ2n) is 2.87. The van der Waals surface area contributed by atoms with Gasteiger partial charge in [-0.3, -0.25) is 0 Å². The molecule has 1 unspecified atom stereocenters. The fourth-order valence-electron chi connectivity index (χ4n) is 1.39. The third kappa shape index (κ3) is 2.36. The van der Waals surface area contributed by atoms with Crippen LogP contribution in [-0.2, 0) is 0 Å². The van der Waals surface area contributed by atoms with Crippen molar-refractivity contribution in [3.8, 4) is 0 Å². The van der Waals surface area contributed by atoms with Crippen LogP contribution in [0.3, 0.4) is 0 Å². The Morgan fingerprint density at radius 1 is 1.45 bits per heavy atom. The largest absolute Gasteiger partial charge is 0.300 e. The fourth-order valence-corrected chi connectivity index (χ4v) is 1.39. The Morgan fingerprint density at radius 3 is 2.64 bits per heavy atom. The van der Waals surface area contributed by atoms with Crippen LogP contribution in [0.25, 0.3) is 0 Å². The first-order valence-electron chi connectivity index (χ1n) is 3.80. The van der Waals surface area contributed by atoms with E-state index in [4.69, 9.17) is 0 Å². The van der Waals surface area contributed by atoms with Crippen LogP contribution in [0.1, 0.15) is 6.42 Å². The summed E-state index contributed by atoms with van der Waals surface area (Å²) in [6, 6.07) is 0. The molecule has 0 saturated carbocycles. The maximum Gasteiger partial charge on any atom is 0.242 e. The summed E-state index contributed by atoms with van der Waals surface area (Å²) in [4.78, 5) is 1.75. The van der Waals surface area contributed by atoms with Gasteiger partial charge in [-0.2, -0.15) is 0 Å². The van der Waals surface area contributed by atoms with Crippen molar-refractivity contribution in [2.24, 2.45) is 5.92 Å². The minimum absolute atomic E-state index is 0.309. The Balaban J connectivity index is 2.23. The Kier molecular flexibility index (Phi) is 3.17. The minimum Gasteiger partial charge on any atom is -0.300 e. The van der Waals surface area contributed by atoms with Gasteiger partial charge in [0.15, 0.2) is 0 Å². The third-order valence-corrected chi connectivity index (χ3v) is 2.07. The average Bonchev–Trinajstić information content (AvgIpc) is 2.37.